The van der Waals surface area contributed by atoms with Crippen LogP contribution in [0.4, 0.5) is 17.3 Å². The molecular formula is C30H32Cl2N8O3. The van der Waals surface area contributed by atoms with Crippen molar-refractivity contribution in [1.82, 2.24) is 25.5 Å². The third kappa shape index (κ3) is 6.00. The van der Waals surface area contributed by atoms with E-state index < -0.39 is 0 Å². The van der Waals surface area contributed by atoms with E-state index in [9.17, 15) is 4.79 Å². The summed E-state index contributed by atoms with van der Waals surface area (Å²) < 4.78 is 11.0. The van der Waals surface area contributed by atoms with Crippen LogP contribution < -0.4 is 30.3 Å². The molecule has 1 saturated heterocycles. The fourth-order valence-corrected chi connectivity index (χ4v) is 6.01. The monoisotopic (exact) mass is 622 g/mol. The number of H-pyrrole nitrogens is 1. The fourth-order valence-electron chi connectivity index (χ4n) is 5.32. The summed E-state index contributed by atoms with van der Waals surface area (Å²) in [6, 6.07) is 5.23. The molecular weight excluding hydrogens is 591 g/mol. The Bertz CT molecular complexity index is 1630. The highest BCUT2D eigenvalue weighted by molar-refractivity contribution is 6.41. The summed E-state index contributed by atoms with van der Waals surface area (Å²) in [4.78, 5) is 24.1. The van der Waals surface area contributed by atoms with Crippen molar-refractivity contribution < 1.29 is 14.3 Å². The first-order valence-electron chi connectivity index (χ1n) is 14.0. The number of nitrogens with one attached hydrogen (secondary N) is 4. The molecule has 4 aromatic rings. The molecule has 11 nitrogen and oxygen atoms in total. The molecule has 224 valence electrons. The molecule has 2 fully saturated rings. The summed E-state index contributed by atoms with van der Waals surface area (Å²) in [6.07, 6.45) is 9.06. The molecule has 1 aliphatic heterocycles. The van der Waals surface area contributed by atoms with Gasteiger partial charge < -0.3 is 30.3 Å². The lowest BCUT2D eigenvalue weighted by Crippen LogP contribution is -2.45. The van der Waals surface area contributed by atoms with Gasteiger partial charge in [0, 0.05) is 54.4 Å². The lowest BCUT2D eigenvalue weighted by Gasteiger charge is -2.21. The fraction of sp³-hybridized carbons (Fsp3) is 0.333. The van der Waals surface area contributed by atoms with Crippen molar-refractivity contribution in [3.05, 3.63) is 59.5 Å². The molecule has 6 rings (SSSR count). The minimum atomic E-state index is -0.230. The van der Waals surface area contributed by atoms with E-state index in [1.54, 1.807) is 32.7 Å². The number of carbonyl (C=O) groups excluding carboxylic acids is 1. The largest absolute Gasteiger partial charge is 0.495 e. The molecule has 2 aliphatic rings. The zero-order valence-corrected chi connectivity index (χ0v) is 25.3. The molecule has 4 N–H and O–H groups in total. The highest BCUT2D eigenvalue weighted by Gasteiger charge is 2.34. The molecule has 43 heavy (non-hydrogen) atoms. The Morgan fingerprint density at radius 2 is 1.86 bits per heavy atom. The Labute approximate surface area is 259 Å². The molecule has 1 saturated carbocycles. The first-order chi connectivity index (χ1) is 20.9. The normalized spacial score (nSPS) is 18.0. The van der Waals surface area contributed by atoms with Crippen LogP contribution in [0.2, 0.25) is 10.0 Å². The number of pyridine rings is 2. The van der Waals surface area contributed by atoms with Gasteiger partial charge in [0.05, 0.1) is 53.9 Å². The molecule has 13 heteroatoms. The Morgan fingerprint density at radius 1 is 1.12 bits per heavy atom. The molecule has 1 amide bonds. The van der Waals surface area contributed by atoms with E-state index in [0.717, 1.165) is 23.0 Å². The highest BCUT2D eigenvalue weighted by Crippen LogP contribution is 2.46. The van der Waals surface area contributed by atoms with E-state index in [1.807, 2.05) is 18.3 Å². The molecule has 1 unspecified atom stereocenters. The van der Waals surface area contributed by atoms with Gasteiger partial charge in [0.2, 0.25) is 5.91 Å². The minimum absolute atomic E-state index is 0.124. The zero-order valence-electron chi connectivity index (χ0n) is 23.8. The van der Waals surface area contributed by atoms with Crippen molar-refractivity contribution in [2.45, 2.75) is 24.9 Å². The van der Waals surface area contributed by atoms with Crippen LogP contribution in [0.25, 0.3) is 22.0 Å². The van der Waals surface area contributed by atoms with Crippen molar-refractivity contribution >= 4 is 57.2 Å². The van der Waals surface area contributed by atoms with Crippen LogP contribution in [0.5, 0.6) is 11.5 Å². The van der Waals surface area contributed by atoms with Crippen LogP contribution in [-0.2, 0) is 4.79 Å². The van der Waals surface area contributed by atoms with Crippen LogP contribution in [-0.4, -0.2) is 72.0 Å². The number of ether oxygens (including phenoxy) is 2. The van der Waals surface area contributed by atoms with Crippen LogP contribution in [0.1, 0.15) is 12.8 Å². The topological polar surface area (TPSA) is 129 Å². The van der Waals surface area contributed by atoms with Crippen molar-refractivity contribution in [2.24, 2.45) is 5.92 Å². The molecule has 0 radical (unpaired) electrons. The number of carbonyl (C=O) groups is 1. The maximum absolute atomic E-state index is 12.2. The molecule has 1 aromatic carbocycles. The van der Waals surface area contributed by atoms with Gasteiger partial charge in [-0.3, -0.25) is 9.89 Å². The van der Waals surface area contributed by atoms with Crippen molar-refractivity contribution in [3.8, 4) is 22.8 Å². The van der Waals surface area contributed by atoms with E-state index in [-0.39, 0.29) is 18.0 Å². The Balaban J connectivity index is 1.37. The number of anilines is 3. The Hall–Kier alpha value is -4.22. The number of hydrogen-bond donors (Lipinski definition) is 4. The van der Waals surface area contributed by atoms with Crippen LogP contribution in [0, 0.1) is 5.92 Å². The van der Waals surface area contributed by atoms with Crippen molar-refractivity contribution in [2.75, 3.05) is 49.4 Å². The van der Waals surface area contributed by atoms with Gasteiger partial charge >= 0.3 is 0 Å². The van der Waals surface area contributed by atoms with Gasteiger partial charge in [0.1, 0.15) is 23.1 Å². The predicted octanol–water partition coefficient (Wildman–Crippen LogP) is 5.14. The second-order valence-corrected chi connectivity index (χ2v) is 11.4. The third-order valence-corrected chi connectivity index (χ3v) is 8.56. The average Bonchev–Trinajstić information content (AvgIpc) is 3.51. The number of amides is 1. The first-order valence-corrected chi connectivity index (χ1v) is 14.7. The van der Waals surface area contributed by atoms with E-state index in [2.05, 4.69) is 37.6 Å². The Morgan fingerprint density at radius 3 is 2.51 bits per heavy atom. The second kappa shape index (κ2) is 12.2. The molecule has 3 aromatic heterocycles. The lowest BCUT2D eigenvalue weighted by atomic mass is 10.1. The van der Waals surface area contributed by atoms with E-state index in [4.69, 9.17) is 42.6 Å². The lowest BCUT2D eigenvalue weighted by molar-refractivity contribution is -0.117. The maximum atomic E-state index is 12.2. The van der Waals surface area contributed by atoms with E-state index >= 15 is 0 Å². The number of nitrogens with zero attached hydrogens (tertiary/aromatic N) is 4. The number of aromatic nitrogens is 4. The van der Waals surface area contributed by atoms with Gasteiger partial charge in [0.15, 0.2) is 0 Å². The van der Waals surface area contributed by atoms with Gasteiger partial charge in [-0.25, -0.2) is 9.97 Å². The number of hydrogen-bond acceptors (Lipinski definition) is 9. The van der Waals surface area contributed by atoms with Gasteiger partial charge in [-0.1, -0.05) is 29.8 Å². The van der Waals surface area contributed by atoms with Gasteiger partial charge in [-0.2, -0.15) is 5.10 Å². The van der Waals surface area contributed by atoms with Gasteiger partial charge in [-0.15, -0.1) is 0 Å². The van der Waals surface area contributed by atoms with E-state index in [1.165, 1.54) is 18.9 Å². The SMILES string of the molecule is C=CC(=O)N[C@H]1CN(c2cn[nH]c2)CC1Nc1cc2c(NCC3CC3)nc(-c3c(Cl)c(OC)cc(OC)c3Cl)cc2cn1. The van der Waals surface area contributed by atoms with Crippen LogP contribution in [0.15, 0.2) is 49.4 Å². The molecule has 1 aliphatic carbocycles. The van der Waals surface area contributed by atoms with Crippen LogP contribution in [0.3, 0.4) is 0 Å². The van der Waals surface area contributed by atoms with Crippen molar-refractivity contribution in [3.63, 3.8) is 0 Å². The number of rotatable bonds is 11. The molecule has 0 bridgehead atoms. The van der Waals surface area contributed by atoms with E-state index in [0.29, 0.717) is 63.4 Å². The van der Waals surface area contributed by atoms with Gasteiger partial charge in [-0.05, 0) is 37.0 Å². The molecule has 2 atom stereocenters. The summed E-state index contributed by atoms with van der Waals surface area (Å²) in [5, 5.41) is 19.5. The number of benzene rings is 1. The summed E-state index contributed by atoms with van der Waals surface area (Å²) in [5.41, 5.74) is 2.03. The summed E-state index contributed by atoms with van der Waals surface area (Å²) in [5.74, 6) is 2.61. The van der Waals surface area contributed by atoms with Crippen LogP contribution >= 0.6 is 23.2 Å². The summed E-state index contributed by atoms with van der Waals surface area (Å²) in [7, 11) is 3.08. The second-order valence-electron chi connectivity index (χ2n) is 10.7. The third-order valence-electron chi connectivity index (χ3n) is 7.81. The Kier molecular flexibility index (Phi) is 8.18. The molecule has 4 heterocycles. The standard InChI is InChI=1S/C30H32Cl2N8O3/c1-4-26(41)38-22-15-40(18-12-35-36-13-18)14-21(22)37-25-8-19-17(11-33-25)7-20(39-30(19)34-10-16-5-6-16)27-28(31)23(42-2)9-24(43-3)29(27)32/h4,7-9,11-13,16,21-22H,1,5-6,10,14-15H2,2-3H3,(H,33,37)(H,34,39)(H,35,36)(H,38,41)/t21?,22-/m0/s1. The molecule has 0 spiro atoms. The predicted molar refractivity (Wildman–Crippen MR) is 170 cm³/mol. The number of fused-ring (bicyclic) bond motifs is 1. The zero-order chi connectivity index (χ0) is 30.1. The first kappa shape index (κ1) is 28.9. The summed E-state index contributed by atoms with van der Waals surface area (Å²) in [6.45, 7) is 5.65. The van der Waals surface area contributed by atoms with Gasteiger partial charge in [0.25, 0.3) is 0 Å². The number of methoxy groups -OCH3 is 2. The number of halogens is 2. The number of aromatic amines is 1. The quantitative estimate of drug-likeness (QED) is 0.168. The van der Waals surface area contributed by atoms with Crippen molar-refractivity contribution in [1.29, 1.82) is 0 Å². The average molecular weight is 624 g/mol. The maximum Gasteiger partial charge on any atom is 0.243 e. The smallest absolute Gasteiger partial charge is 0.243 e. The highest BCUT2D eigenvalue weighted by atomic mass is 35.5. The summed E-state index contributed by atoms with van der Waals surface area (Å²) >= 11 is 13.5. The minimum Gasteiger partial charge on any atom is -0.495 e.